The van der Waals surface area contributed by atoms with Gasteiger partial charge in [-0.3, -0.25) is 4.90 Å². The van der Waals surface area contributed by atoms with Crippen LogP contribution in [0.1, 0.15) is 6.92 Å². The highest BCUT2D eigenvalue weighted by Gasteiger charge is 2.38. The molecule has 1 fully saturated rings. The van der Waals surface area contributed by atoms with Gasteiger partial charge >= 0.3 is 12.1 Å². The van der Waals surface area contributed by atoms with E-state index in [9.17, 15) is 21.6 Å². The highest BCUT2D eigenvalue weighted by Crippen LogP contribution is 2.41. The number of benzene rings is 2. The number of hydrogen-bond donors (Lipinski definition) is 3. The van der Waals surface area contributed by atoms with Crippen molar-refractivity contribution in [2.24, 2.45) is 0 Å². The van der Waals surface area contributed by atoms with Crippen LogP contribution in [0.4, 0.5) is 40.0 Å². The van der Waals surface area contributed by atoms with Gasteiger partial charge in [0, 0.05) is 69.0 Å². The van der Waals surface area contributed by atoms with Gasteiger partial charge in [0.2, 0.25) is 5.95 Å². The summed E-state index contributed by atoms with van der Waals surface area (Å²) >= 11 is 1.48. The van der Waals surface area contributed by atoms with Crippen LogP contribution in [-0.4, -0.2) is 111 Å². The van der Waals surface area contributed by atoms with Crippen molar-refractivity contribution in [3.63, 3.8) is 0 Å². The van der Waals surface area contributed by atoms with E-state index in [-0.39, 0.29) is 11.6 Å². The smallest absolute Gasteiger partial charge is 0.490 e. The number of sulfone groups is 1. The third kappa shape index (κ3) is 11.1. The zero-order valence-corrected chi connectivity index (χ0v) is 29.8. The first-order valence-corrected chi connectivity index (χ1v) is 18.3. The van der Waals surface area contributed by atoms with Crippen LogP contribution >= 0.6 is 11.3 Å². The van der Waals surface area contributed by atoms with Crippen molar-refractivity contribution in [2.45, 2.75) is 13.1 Å². The summed E-state index contributed by atoms with van der Waals surface area (Å²) in [4.78, 5) is 27.8. The Kier molecular flexibility index (Phi) is 13.0. The lowest BCUT2D eigenvalue weighted by Gasteiger charge is -2.36. The van der Waals surface area contributed by atoms with Crippen molar-refractivity contribution in [3.8, 4) is 33.3 Å². The second-order valence-corrected chi connectivity index (χ2v) is 14.4. The molecule has 276 valence electrons. The predicted molar refractivity (Wildman–Crippen MR) is 188 cm³/mol. The van der Waals surface area contributed by atoms with Crippen LogP contribution in [-0.2, 0) is 14.6 Å². The molecular formula is C32H37F4N7O6S2. The summed E-state index contributed by atoms with van der Waals surface area (Å²) in [7, 11) is 0.194. The molecule has 13 nitrogen and oxygen atoms in total. The Hall–Kier alpha value is -4.75. The number of nitrogens with zero attached hydrogens (tertiary/aromatic N) is 5. The maximum Gasteiger partial charge on any atom is 0.490 e. The molecule has 3 heterocycles. The van der Waals surface area contributed by atoms with E-state index in [1.165, 1.54) is 23.7 Å². The second-order valence-electron chi connectivity index (χ2n) is 11.1. The molecule has 2 aromatic heterocycles. The van der Waals surface area contributed by atoms with E-state index in [0.717, 1.165) is 21.3 Å². The number of carboxylic acid groups (broad SMARTS) is 1. The lowest BCUT2D eigenvalue weighted by molar-refractivity contribution is -0.192. The van der Waals surface area contributed by atoms with Gasteiger partial charge in [-0.05, 0) is 43.3 Å². The van der Waals surface area contributed by atoms with Crippen LogP contribution in [0.25, 0.3) is 21.8 Å². The Morgan fingerprint density at radius 3 is 2.22 bits per heavy atom. The first-order chi connectivity index (χ1) is 24.1. The quantitative estimate of drug-likeness (QED) is 0.158. The van der Waals surface area contributed by atoms with Crippen LogP contribution in [0, 0.1) is 5.82 Å². The number of methoxy groups -OCH3 is 2. The Bertz CT molecular complexity index is 1900. The fraction of sp³-hybridized carbons (Fsp3) is 0.375. The van der Waals surface area contributed by atoms with Crippen LogP contribution in [0.5, 0.6) is 11.5 Å². The maximum absolute atomic E-state index is 15.3. The number of halogens is 4. The minimum atomic E-state index is -5.08. The number of thiazole rings is 1. The fourth-order valence-corrected chi connectivity index (χ4v) is 6.50. The van der Waals surface area contributed by atoms with E-state index >= 15 is 4.39 Å². The van der Waals surface area contributed by atoms with E-state index in [1.54, 1.807) is 38.6 Å². The number of anilines is 4. The standard InChI is InChI=1S/C30H36FN7O4S2.C2HF3O2/c1-5-32-30-36-27(20-16-22(41-2)19-23(17-20)42-3)28(43-30)25-8-9-33-29(35-25)34-21-6-7-26(24(31)18-21)38-12-10-37(11-13-38)14-15-44(4,39)40;3-2(4,5)1(6)7/h6-9,16-19H,5,10-15H2,1-4H3,(H,32,36)(H,33,34,35);(H,6,7). The predicted octanol–water partition coefficient (Wildman–Crippen LogP) is 5.40. The monoisotopic (exact) mass is 755 g/mol. The molecule has 1 aliphatic heterocycles. The summed E-state index contributed by atoms with van der Waals surface area (Å²) in [5.74, 6) is -1.38. The largest absolute Gasteiger partial charge is 0.497 e. The van der Waals surface area contributed by atoms with E-state index < -0.39 is 22.0 Å². The van der Waals surface area contributed by atoms with E-state index in [2.05, 4.69) is 20.5 Å². The molecule has 0 spiro atoms. The van der Waals surface area contributed by atoms with Crippen LogP contribution < -0.4 is 25.0 Å². The molecule has 1 saturated heterocycles. The van der Waals surface area contributed by atoms with Gasteiger partial charge < -0.3 is 30.1 Å². The third-order valence-electron chi connectivity index (χ3n) is 7.41. The SMILES string of the molecule is CCNc1nc(-c2cc(OC)cc(OC)c2)c(-c2ccnc(Nc3ccc(N4CCN(CCS(C)(=O)=O)CC4)c(F)c3)n2)s1.O=C(O)C(F)(F)F. The van der Waals surface area contributed by atoms with Crippen molar-refractivity contribution >= 4 is 49.6 Å². The molecule has 2 aromatic carbocycles. The molecule has 0 atom stereocenters. The zero-order chi connectivity index (χ0) is 37.3. The third-order valence-corrected chi connectivity index (χ3v) is 9.37. The van der Waals surface area contributed by atoms with Crippen LogP contribution in [0.3, 0.4) is 0 Å². The Balaban J connectivity index is 0.000000755. The first-order valence-electron chi connectivity index (χ1n) is 15.4. The number of aromatic nitrogens is 3. The van der Waals surface area contributed by atoms with Gasteiger partial charge in [-0.25, -0.2) is 32.6 Å². The average molecular weight is 756 g/mol. The van der Waals surface area contributed by atoms with Gasteiger partial charge in [0.15, 0.2) is 5.13 Å². The maximum atomic E-state index is 15.3. The van der Waals surface area contributed by atoms with Gasteiger partial charge in [-0.1, -0.05) is 11.3 Å². The Morgan fingerprint density at radius 2 is 1.67 bits per heavy atom. The molecule has 0 radical (unpaired) electrons. The van der Waals surface area contributed by atoms with Gasteiger partial charge in [0.05, 0.1) is 41.9 Å². The van der Waals surface area contributed by atoms with Crippen molar-refractivity contribution in [3.05, 3.63) is 54.5 Å². The topological polar surface area (TPSA) is 159 Å². The lowest BCUT2D eigenvalue weighted by Crippen LogP contribution is -2.47. The minimum absolute atomic E-state index is 0.127. The molecular weight excluding hydrogens is 719 g/mol. The number of nitrogens with one attached hydrogen (secondary N) is 2. The summed E-state index contributed by atoms with van der Waals surface area (Å²) in [5.41, 5.74) is 3.22. The van der Waals surface area contributed by atoms with Crippen molar-refractivity contribution in [1.29, 1.82) is 0 Å². The summed E-state index contributed by atoms with van der Waals surface area (Å²) in [5, 5.41) is 14.3. The zero-order valence-electron chi connectivity index (χ0n) is 28.1. The van der Waals surface area contributed by atoms with Crippen molar-refractivity contribution in [1.82, 2.24) is 19.9 Å². The van der Waals surface area contributed by atoms with Gasteiger partial charge in [-0.2, -0.15) is 13.2 Å². The highest BCUT2D eigenvalue weighted by atomic mass is 32.2. The molecule has 3 N–H and O–H groups in total. The summed E-state index contributed by atoms with van der Waals surface area (Å²) in [6.45, 7) is 5.79. The number of alkyl halides is 3. The normalized spacial score (nSPS) is 13.6. The Labute approximate surface area is 296 Å². The summed E-state index contributed by atoms with van der Waals surface area (Å²) < 4.78 is 80.9. The van der Waals surface area contributed by atoms with E-state index in [0.29, 0.717) is 73.8 Å². The molecule has 19 heteroatoms. The molecule has 5 rings (SSSR count). The fourth-order valence-electron chi connectivity index (χ4n) is 4.88. The molecule has 0 amide bonds. The number of aliphatic carboxylic acids is 1. The summed E-state index contributed by atoms with van der Waals surface area (Å²) in [6.07, 6.45) is -2.19. The number of carbonyl (C=O) groups is 1. The molecule has 4 aromatic rings. The second kappa shape index (κ2) is 17.0. The van der Waals surface area contributed by atoms with Gasteiger partial charge in [-0.15, -0.1) is 0 Å². The molecule has 0 unspecified atom stereocenters. The molecule has 51 heavy (non-hydrogen) atoms. The highest BCUT2D eigenvalue weighted by molar-refractivity contribution is 7.90. The van der Waals surface area contributed by atoms with E-state index in [4.69, 9.17) is 29.3 Å². The van der Waals surface area contributed by atoms with Crippen LogP contribution in [0.2, 0.25) is 0 Å². The van der Waals surface area contributed by atoms with Gasteiger partial charge in [0.1, 0.15) is 27.2 Å². The molecule has 0 aliphatic carbocycles. The number of hydrogen-bond acceptors (Lipinski definition) is 13. The first kappa shape index (κ1) is 39.0. The van der Waals surface area contributed by atoms with Crippen LogP contribution in [0.15, 0.2) is 48.7 Å². The van der Waals surface area contributed by atoms with Crippen molar-refractivity contribution in [2.75, 3.05) is 81.0 Å². The molecule has 0 bridgehead atoms. The number of rotatable bonds is 12. The average Bonchev–Trinajstić information content (AvgIpc) is 3.51. The summed E-state index contributed by atoms with van der Waals surface area (Å²) in [6, 6.07) is 12.4. The number of piperazine rings is 1. The number of carboxylic acids is 1. The van der Waals surface area contributed by atoms with Gasteiger partial charge in [0.25, 0.3) is 0 Å². The Morgan fingerprint density at radius 1 is 1.02 bits per heavy atom. The minimum Gasteiger partial charge on any atom is -0.497 e. The number of ether oxygens (including phenoxy) is 2. The lowest BCUT2D eigenvalue weighted by atomic mass is 10.1. The molecule has 1 aliphatic rings. The molecule has 0 saturated carbocycles. The van der Waals surface area contributed by atoms with E-state index in [1.807, 2.05) is 30.0 Å². The van der Waals surface area contributed by atoms with Crippen molar-refractivity contribution < 1.29 is 45.4 Å².